The van der Waals surface area contributed by atoms with Crippen molar-refractivity contribution in [2.75, 3.05) is 20.1 Å². The largest absolute Gasteiger partial charge is 0.359 e. The molecule has 3 N–H and O–H groups in total. The van der Waals surface area contributed by atoms with Crippen molar-refractivity contribution in [2.24, 2.45) is 11.1 Å². The summed E-state index contributed by atoms with van der Waals surface area (Å²) in [6.45, 7) is 7.73. The number of carbonyl (C=O) groups excluding carboxylic acids is 1. The standard InChI is InChI=1S/C13H23N5O2/c1-12(2,14)10-16-9(20-17-10)7-18-6-5-13(3,8-18)11(19)15-4/h5-8,14H2,1-4H3,(H,15,19). The number of rotatable bonds is 4. The van der Waals surface area contributed by atoms with E-state index in [0.717, 1.165) is 13.0 Å². The van der Waals surface area contributed by atoms with Crippen molar-refractivity contribution in [3.63, 3.8) is 0 Å². The van der Waals surface area contributed by atoms with Crippen LogP contribution < -0.4 is 11.1 Å². The molecular formula is C13H23N5O2. The molecule has 0 spiro atoms. The van der Waals surface area contributed by atoms with E-state index >= 15 is 0 Å². The molecule has 0 aliphatic carbocycles. The lowest BCUT2D eigenvalue weighted by Crippen LogP contribution is -2.39. The van der Waals surface area contributed by atoms with Crippen LogP contribution in [0, 0.1) is 5.41 Å². The lowest BCUT2D eigenvalue weighted by molar-refractivity contribution is -0.129. The topological polar surface area (TPSA) is 97.3 Å². The minimum atomic E-state index is -0.608. The van der Waals surface area contributed by atoms with E-state index in [1.54, 1.807) is 7.05 Å². The average molecular weight is 281 g/mol. The molecule has 1 fully saturated rings. The highest BCUT2D eigenvalue weighted by Crippen LogP contribution is 2.30. The molecule has 2 rings (SSSR count). The fourth-order valence-electron chi connectivity index (χ4n) is 2.45. The van der Waals surface area contributed by atoms with Gasteiger partial charge in [0.2, 0.25) is 11.8 Å². The van der Waals surface area contributed by atoms with Crippen LogP contribution in [0.4, 0.5) is 0 Å². The number of amides is 1. The van der Waals surface area contributed by atoms with E-state index in [1.165, 1.54) is 0 Å². The molecule has 7 nitrogen and oxygen atoms in total. The number of nitrogens with zero attached hydrogens (tertiary/aromatic N) is 3. The Hall–Kier alpha value is -1.47. The predicted octanol–water partition coefficient (Wildman–Crippen LogP) is 0.221. The van der Waals surface area contributed by atoms with E-state index in [2.05, 4.69) is 20.4 Å². The van der Waals surface area contributed by atoms with Gasteiger partial charge in [-0.25, -0.2) is 0 Å². The van der Waals surface area contributed by atoms with E-state index < -0.39 is 5.54 Å². The van der Waals surface area contributed by atoms with Crippen molar-refractivity contribution in [1.29, 1.82) is 0 Å². The Morgan fingerprint density at radius 3 is 2.85 bits per heavy atom. The first kappa shape index (κ1) is 14.9. The summed E-state index contributed by atoms with van der Waals surface area (Å²) in [5, 5.41) is 6.62. The Morgan fingerprint density at radius 2 is 2.30 bits per heavy atom. The van der Waals surface area contributed by atoms with Crippen molar-refractivity contribution in [1.82, 2.24) is 20.4 Å². The van der Waals surface area contributed by atoms with Crippen molar-refractivity contribution in [3.8, 4) is 0 Å². The van der Waals surface area contributed by atoms with Gasteiger partial charge in [0.05, 0.1) is 17.5 Å². The van der Waals surface area contributed by atoms with Crippen LogP contribution in [0.3, 0.4) is 0 Å². The molecule has 7 heteroatoms. The van der Waals surface area contributed by atoms with Gasteiger partial charge >= 0.3 is 0 Å². The van der Waals surface area contributed by atoms with E-state index in [4.69, 9.17) is 10.3 Å². The molecule has 1 aliphatic heterocycles. The Morgan fingerprint density at radius 1 is 1.60 bits per heavy atom. The normalized spacial score (nSPS) is 24.1. The Balaban J connectivity index is 1.99. The summed E-state index contributed by atoms with van der Waals surface area (Å²) < 4.78 is 5.22. The van der Waals surface area contributed by atoms with Crippen LogP contribution in [0.25, 0.3) is 0 Å². The third kappa shape index (κ3) is 2.99. The van der Waals surface area contributed by atoms with Gasteiger partial charge in [0.25, 0.3) is 0 Å². The van der Waals surface area contributed by atoms with E-state index in [0.29, 0.717) is 24.8 Å². The summed E-state index contributed by atoms with van der Waals surface area (Å²) >= 11 is 0. The summed E-state index contributed by atoms with van der Waals surface area (Å²) in [5.74, 6) is 1.12. The van der Waals surface area contributed by atoms with Gasteiger partial charge in [0, 0.05) is 13.6 Å². The smallest absolute Gasteiger partial charge is 0.240 e. The fourth-order valence-corrected chi connectivity index (χ4v) is 2.45. The minimum absolute atomic E-state index is 0.0781. The summed E-state index contributed by atoms with van der Waals surface area (Å²) in [4.78, 5) is 18.3. The number of likely N-dealkylation sites (tertiary alicyclic amines) is 1. The summed E-state index contributed by atoms with van der Waals surface area (Å²) in [5.41, 5.74) is 4.98. The quantitative estimate of drug-likeness (QED) is 0.819. The zero-order valence-corrected chi connectivity index (χ0v) is 12.6. The number of nitrogens with two attached hydrogens (primary N) is 1. The lowest BCUT2D eigenvalue weighted by atomic mass is 9.89. The third-order valence-corrected chi connectivity index (χ3v) is 3.73. The van der Waals surface area contributed by atoms with Crippen molar-refractivity contribution < 1.29 is 9.32 Å². The van der Waals surface area contributed by atoms with Crippen molar-refractivity contribution in [3.05, 3.63) is 11.7 Å². The Labute approximate surface area is 118 Å². The molecule has 0 radical (unpaired) electrons. The van der Waals surface area contributed by atoms with Crippen LogP contribution in [-0.2, 0) is 16.9 Å². The number of aromatic nitrogens is 2. The molecule has 112 valence electrons. The molecule has 1 unspecified atom stereocenters. The molecule has 1 aromatic heterocycles. The van der Waals surface area contributed by atoms with Crippen LogP contribution in [0.2, 0.25) is 0 Å². The maximum Gasteiger partial charge on any atom is 0.240 e. The second kappa shape index (κ2) is 5.14. The van der Waals surface area contributed by atoms with Crippen molar-refractivity contribution >= 4 is 5.91 Å². The molecule has 1 aromatic rings. The Kier molecular flexibility index (Phi) is 3.84. The Bertz CT molecular complexity index is 493. The highest BCUT2D eigenvalue weighted by molar-refractivity contribution is 5.82. The molecule has 1 aliphatic rings. The number of carbonyl (C=O) groups is 1. The van der Waals surface area contributed by atoms with E-state index in [9.17, 15) is 4.79 Å². The number of hydrogen-bond donors (Lipinski definition) is 2. The SMILES string of the molecule is CNC(=O)C1(C)CCN(Cc2nc(C(C)(C)N)no2)C1. The van der Waals surface area contributed by atoms with Crippen LogP contribution in [0.15, 0.2) is 4.52 Å². The van der Waals surface area contributed by atoms with E-state index in [-0.39, 0.29) is 11.3 Å². The average Bonchev–Trinajstić information content (AvgIpc) is 2.96. The summed E-state index contributed by atoms with van der Waals surface area (Å²) in [6.07, 6.45) is 0.829. The predicted molar refractivity (Wildman–Crippen MR) is 73.6 cm³/mol. The first-order valence-electron chi connectivity index (χ1n) is 6.81. The van der Waals surface area contributed by atoms with Gasteiger partial charge < -0.3 is 15.6 Å². The van der Waals surface area contributed by atoms with Crippen LogP contribution in [-0.4, -0.2) is 41.1 Å². The molecule has 1 atom stereocenters. The van der Waals surface area contributed by atoms with Gasteiger partial charge in [-0.1, -0.05) is 5.16 Å². The monoisotopic (exact) mass is 281 g/mol. The molecular weight excluding hydrogens is 258 g/mol. The molecule has 0 aromatic carbocycles. The van der Waals surface area contributed by atoms with Gasteiger partial charge in [-0.05, 0) is 33.7 Å². The van der Waals surface area contributed by atoms with Gasteiger partial charge in [0.15, 0.2) is 5.82 Å². The van der Waals surface area contributed by atoms with Gasteiger partial charge in [0.1, 0.15) is 0 Å². The number of hydrogen-bond acceptors (Lipinski definition) is 6. The van der Waals surface area contributed by atoms with Crippen LogP contribution in [0.5, 0.6) is 0 Å². The molecule has 2 heterocycles. The maximum atomic E-state index is 11.9. The van der Waals surface area contributed by atoms with Gasteiger partial charge in [-0.3, -0.25) is 9.69 Å². The van der Waals surface area contributed by atoms with Crippen LogP contribution in [0.1, 0.15) is 38.9 Å². The van der Waals surface area contributed by atoms with Crippen LogP contribution >= 0.6 is 0 Å². The summed E-state index contributed by atoms with van der Waals surface area (Å²) in [6, 6.07) is 0. The third-order valence-electron chi connectivity index (χ3n) is 3.73. The second-order valence-electron chi connectivity index (χ2n) is 6.33. The molecule has 0 saturated carbocycles. The van der Waals surface area contributed by atoms with Crippen molar-refractivity contribution in [2.45, 2.75) is 39.3 Å². The highest BCUT2D eigenvalue weighted by atomic mass is 16.5. The number of nitrogens with one attached hydrogen (secondary N) is 1. The fraction of sp³-hybridized carbons (Fsp3) is 0.769. The second-order valence-corrected chi connectivity index (χ2v) is 6.33. The first-order chi connectivity index (χ1) is 9.24. The zero-order valence-electron chi connectivity index (χ0n) is 12.6. The molecule has 1 saturated heterocycles. The van der Waals surface area contributed by atoms with Gasteiger partial charge in [-0.15, -0.1) is 0 Å². The van der Waals surface area contributed by atoms with Gasteiger partial charge in [-0.2, -0.15) is 4.98 Å². The zero-order chi connectivity index (χ0) is 15.0. The van der Waals surface area contributed by atoms with E-state index in [1.807, 2.05) is 20.8 Å². The highest BCUT2D eigenvalue weighted by Gasteiger charge is 2.40. The molecule has 20 heavy (non-hydrogen) atoms. The first-order valence-corrected chi connectivity index (χ1v) is 6.81. The maximum absolute atomic E-state index is 11.9. The molecule has 1 amide bonds. The summed E-state index contributed by atoms with van der Waals surface area (Å²) in [7, 11) is 1.67. The molecule has 0 bridgehead atoms. The minimum Gasteiger partial charge on any atom is -0.359 e. The lowest BCUT2D eigenvalue weighted by Gasteiger charge is -2.22.